The third-order valence-corrected chi connectivity index (χ3v) is 5.72. The molecule has 0 radical (unpaired) electrons. The smallest absolute Gasteiger partial charge is 0.407 e. The predicted octanol–water partition coefficient (Wildman–Crippen LogP) is 5.75. The molecule has 4 aromatic carbocycles. The molecule has 7 heteroatoms. The highest BCUT2D eigenvalue weighted by molar-refractivity contribution is 5.85. The third-order valence-electron chi connectivity index (χ3n) is 5.72. The van der Waals surface area contributed by atoms with E-state index in [1.807, 2.05) is 72.8 Å². The van der Waals surface area contributed by atoms with Gasteiger partial charge in [-0.15, -0.1) is 0 Å². The van der Waals surface area contributed by atoms with Crippen LogP contribution in [0.2, 0.25) is 0 Å². The molecule has 2 amide bonds. The number of carbonyl (C=O) groups is 2. The predicted molar refractivity (Wildman–Crippen MR) is 144 cm³/mol. The fourth-order valence-corrected chi connectivity index (χ4v) is 3.89. The number of rotatable bonds is 10. The van der Waals surface area contributed by atoms with Crippen LogP contribution in [0.5, 0.6) is 5.75 Å². The average molecular weight is 496 g/mol. The molecular weight excluding hydrogens is 466 g/mol. The van der Waals surface area contributed by atoms with Crippen LogP contribution in [0.4, 0.5) is 4.79 Å². The van der Waals surface area contributed by atoms with Gasteiger partial charge in [-0.25, -0.2) is 10.2 Å². The van der Waals surface area contributed by atoms with E-state index in [-0.39, 0.29) is 18.9 Å². The number of hydrazone groups is 1. The van der Waals surface area contributed by atoms with Crippen LogP contribution in [0.3, 0.4) is 0 Å². The number of nitrogens with zero attached hydrogens (tertiary/aromatic N) is 1. The van der Waals surface area contributed by atoms with Crippen molar-refractivity contribution < 1.29 is 19.1 Å². The topological polar surface area (TPSA) is 89.0 Å². The molecule has 0 aromatic heterocycles. The summed E-state index contributed by atoms with van der Waals surface area (Å²) in [7, 11) is 0. The molecule has 0 spiro atoms. The fourth-order valence-electron chi connectivity index (χ4n) is 3.89. The zero-order valence-electron chi connectivity index (χ0n) is 20.6. The lowest BCUT2D eigenvalue weighted by Gasteiger charge is -2.18. The zero-order chi connectivity index (χ0) is 25.9. The monoisotopic (exact) mass is 495 g/mol. The highest BCUT2D eigenvalue weighted by Crippen LogP contribution is 2.21. The second kappa shape index (κ2) is 12.9. The average Bonchev–Trinajstić information content (AvgIpc) is 2.93. The Morgan fingerprint density at radius 1 is 0.892 bits per heavy atom. The number of hydrogen-bond donors (Lipinski definition) is 2. The van der Waals surface area contributed by atoms with Gasteiger partial charge in [0.05, 0.1) is 25.3 Å². The van der Waals surface area contributed by atoms with Gasteiger partial charge in [0, 0.05) is 0 Å². The first kappa shape index (κ1) is 25.4. The van der Waals surface area contributed by atoms with Gasteiger partial charge in [-0.3, -0.25) is 4.79 Å². The summed E-state index contributed by atoms with van der Waals surface area (Å²) < 4.78 is 10.9. The van der Waals surface area contributed by atoms with E-state index in [0.717, 1.165) is 22.4 Å². The van der Waals surface area contributed by atoms with E-state index in [2.05, 4.69) is 40.1 Å². The number of ether oxygens (including phenoxy) is 2. The Morgan fingerprint density at radius 3 is 2.41 bits per heavy atom. The first-order valence-electron chi connectivity index (χ1n) is 12.1. The summed E-state index contributed by atoms with van der Waals surface area (Å²) in [4.78, 5) is 24.4. The summed E-state index contributed by atoms with van der Waals surface area (Å²) in [5.74, 6) is 0.404. The van der Waals surface area contributed by atoms with Crippen LogP contribution in [-0.4, -0.2) is 24.8 Å². The lowest BCUT2D eigenvalue weighted by Crippen LogP contribution is -2.33. The molecule has 0 aliphatic rings. The van der Waals surface area contributed by atoms with Gasteiger partial charge in [0.2, 0.25) is 5.91 Å². The lowest BCUT2D eigenvalue weighted by atomic mass is 10.0. The van der Waals surface area contributed by atoms with Gasteiger partial charge in [-0.2, -0.15) is 5.10 Å². The minimum Gasteiger partial charge on any atom is -0.489 e. The van der Waals surface area contributed by atoms with Gasteiger partial charge in [-0.05, 0) is 58.7 Å². The molecule has 2 N–H and O–H groups in total. The lowest BCUT2D eigenvalue weighted by molar-refractivity contribution is -0.121. The van der Waals surface area contributed by atoms with Crippen LogP contribution in [-0.2, 0) is 16.1 Å². The van der Waals surface area contributed by atoms with Crippen LogP contribution in [0, 0.1) is 0 Å². The van der Waals surface area contributed by atoms with E-state index in [0.29, 0.717) is 6.61 Å². The van der Waals surface area contributed by atoms with Crippen molar-refractivity contribution in [3.05, 3.63) is 114 Å². The van der Waals surface area contributed by atoms with Gasteiger partial charge < -0.3 is 14.8 Å². The summed E-state index contributed by atoms with van der Waals surface area (Å²) in [6.07, 6.45) is 1.000. The molecule has 37 heavy (non-hydrogen) atoms. The van der Waals surface area contributed by atoms with E-state index in [9.17, 15) is 9.59 Å². The van der Waals surface area contributed by atoms with Crippen molar-refractivity contribution in [2.24, 2.45) is 5.10 Å². The molecule has 0 heterocycles. The van der Waals surface area contributed by atoms with Gasteiger partial charge in [0.25, 0.3) is 0 Å². The maximum absolute atomic E-state index is 12.5. The molecule has 0 aliphatic heterocycles. The Bertz CT molecular complexity index is 1350. The number of amides is 2. The van der Waals surface area contributed by atoms with Gasteiger partial charge in [-0.1, -0.05) is 72.8 Å². The molecule has 188 valence electrons. The van der Waals surface area contributed by atoms with E-state index in [1.165, 1.54) is 10.8 Å². The molecule has 4 aromatic rings. The largest absolute Gasteiger partial charge is 0.489 e. The summed E-state index contributed by atoms with van der Waals surface area (Å²) >= 11 is 0. The summed E-state index contributed by atoms with van der Waals surface area (Å²) in [6, 6.07) is 30.6. The van der Waals surface area contributed by atoms with Crippen LogP contribution in [0.1, 0.15) is 36.1 Å². The summed E-state index contributed by atoms with van der Waals surface area (Å²) in [5.41, 5.74) is 5.25. The minimum absolute atomic E-state index is 0.0150. The molecule has 1 atom stereocenters. The number of nitrogens with one attached hydrogen (secondary N) is 2. The molecule has 0 bridgehead atoms. The van der Waals surface area contributed by atoms with Crippen LogP contribution < -0.4 is 15.5 Å². The van der Waals surface area contributed by atoms with Crippen molar-refractivity contribution in [3.8, 4) is 5.75 Å². The summed E-state index contributed by atoms with van der Waals surface area (Å²) in [6.45, 7) is 2.44. The minimum atomic E-state index is -0.574. The van der Waals surface area contributed by atoms with E-state index >= 15 is 0 Å². The van der Waals surface area contributed by atoms with Gasteiger partial charge in [0.15, 0.2) is 0 Å². The second-order valence-electron chi connectivity index (χ2n) is 8.32. The highest BCUT2D eigenvalue weighted by Gasteiger charge is 2.18. The summed E-state index contributed by atoms with van der Waals surface area (Å²) in [5, 5.41) is 9.14. The second-order valence-corrected chi connectivity index (χ2v) is 8.32. The van der Waals surface area contributed by atoms with E-state index < -0.39 is 12.1 Å². The number of carbonyl (C=O) groups excluding carboxylic acids is 2. The van der Waals surface area contributed by atoms with Crippen molar-refractivity contribution in [1.29, 1.82) is 0 Å². The number of benzene rings is 4. The Morgan fingerprint density at radius 2 is 1.62 bits per heavy atom. The Kier molecular flexibility index (Phi) is 8.86. The first-order chi connectivity index (χ1) is 18.1. The van der Waals surface area contributed by atoms with Crippen molar-refractivity contribution in [2.45, 2.75) is 26.0 Å². The zero-order valence-corrected chi connectivity index (χ0v) is 20.6. The van der Waals surface area contributed by atoms with Crippen molar-refractivity contribution in [2.75, 3.05) is 6.61 Å². The highest BCUT2D eigenvalue weighted by atomic mass is 16.5. The molecule has 0 unspecified atom stereocenters. The van der Waals surface area contributed by atoms with Crippen LogP contribution in [0.15, 0.2) is 102 Å². The third kappa shape index (κ3) is 7.41. The Hall–Kier alpha value is -4.65. The van der Waals surface area contributed by atoms with Gasteiger partial charge >= 0.3 is 6.09 Å². The first-order valence-corrected chi connectivity index (χ1v) is 12.1. The SMILES string of the molecule is CCOC(=O)N[C@H](CC(=O)N/N=C\c1ccc(OCc2cccc3ccccc23)cc1)c1ccccc1. The standard InChI is InChI=1S/C30H29N3O4/c1-2-36-30(35)32-28(24-10-4-3-5-11-24)19-29(34)33-31-20-22-15-17-26(18-16-22)37-21-25-13-8-12-23-9-6-7-14-27(23)25/h3-18,20,28H,2,19,21H2,1H3,(H,32,35)(H,33,34)/b31-20-/t28-/m1/s1. The number of fused-ring (bicyclic) bond motifs is 1. The van der Waals surface area contributed by atoms with E-state index in [4.69, 9.17) is 9.47 Å². The van der Waals surface area contributed by atoms with Gasteiger partial charge in [0.1, 0.15) is 12.4 Å². The quantitative estimate of drug-likeness (QED) is 0.217. The molecule has 7 nitrogen and oxygen atoms in total. The molecule has 4 rings (SSSR count). The molecule has 0 saturated carbocycles. The fraction of sp³-hybridized carbons (Fsp3) is 0.167. The van der Waals surface area contributed by atoms with Crippen LogP contribution in [0.25, 0.3) is 10.8 Å². The maximum Gasteiger partial charge on any atom is 0.407 e. The van der Waals surface area contributed by atoms with Crippen molar-refractivity contribution >= 4 is 29.0 Å². The molecule has 0 fully saturated rings. The maximum atomic E-state index is 12.5. The molecule has 0 saturated heterocycles. The number of alkyl carbamates (subject to hydrolysis) is 1. The number of hydrogen-bond acceptors (Lipinski definition) is 5. The Balaban J connectivity index is 1.30. The molecule has 0 aliphatic carbocycles. The van der Waals surface area contributed by atoms with Crippen molar-refractivity contribution in [1.82, 2.24) is 10.7 Å². The van der Waals surface area contributed by atoms with E-state index in [1.54, 1.807) is 13.1 Å². The Labute approximate surface area is 216 Å². The van der Waals surface area contributed by atoms with Crippen molar-refractivity contribution in [3.63, 3.8) is 0 Å². The van der Waals surface area contributed by atoms with Crippen LogP contribution >= 0.6 is 0 Å². The molecular formula is C30H29N3O4. The normalized spacial score (nSPS) is 11.7.